The number of thioether (sulfide) groups is 1. The Kier molecular flexibility index (Phi) is 11.4. The highest BCUT2D eigenvalue weighted by atomic mass is 32.2. The van der Waals surface area contributed by atoms with Crippen molar-refractivity contribution in [1.29, 1.82) is 0 Å². The molecule has 0 unspecified atom stereocenters. The van der Waals surface area contributed by atoms with Crippen LogP contribution in [0.25, 0.3) is 0 Å². The van der Waals surface area contributed by atoms with Gasteiger partial charge < -0.3 is 23.7 Å². The van der Waals surface area contributed by atoms with Gasteiger partial charge in [-0.25, -0.2) is 19.2 Å². The summed E-state index contributed by atoms with van der Waals surface area (Å²) in [4.78, 5) is 53.2. The summed E-state index contributed by atoms with van der Waals surface area (Å²) in [5.74, 6) is -2.71. The molecule has 1 aliphatic rings. The van der Waals surface area contributed by atoms with Gasteiger partial charge in [0.25, 0.3) is 0 Å². The van der Waals surface area contributed by atoms with E-state index in [-0.39, 0.29) is 16.4 Å². The molecule has 5 atom stereocenters. The number of carbonyl (C=O) groups is 4. The molecule has 0 radical (unpaired) electrons. The lowest BCUT2D eigenvalue weighted by molar-refractivity contribution is -0.0899. The highest BCUT2D eigenvalue weighted by Crippen LogP contribution is 2.38. The fourth-order valence-corrected chi connectivity index (χ4v) is 6.00. The van der Waals surface area contributed by atoms with E-state index in [1.54, 1.807) is 121 Å². The molecule has 0 N–H and O–H groups in total. The van der Waals surface area contributed by atoms with Gasteiger partial charge in [-0.15, -0.1) is 11.8 Å². The van der Waals surface area contributed by atoms with Crippen LogP contribution < -0.4 is 0 Å². The Hall–Kier alpha value is -4.93. The number of esters is 4. The van der Waals surface area contributed by atoms with Gasteiger partial charge in [0.1, 0.15) is 18.1 Å². The number of rotatable bonds is 12. The van der Waals surface area contributed by atoms with E-state index in [0.29, 0.717) is 11.1 Å². The molecule has 10 heteroatoms. The van der Waals surface area contributed by atoms with Crippen molar-refractivity contribution in [1.82, 2.24) is 0 Å². The molecule has 1 fully saturated rings. The molecule has 4 aromatic rings. The zero-order valence-corrected chi connectivity index (χ0v) is 26.6. The predicted octanol–water partition coefficient (Wildman–Crippen LogP) is 6.39. The van der Waals surface area contributed by atoms with Crippen LogP contribution >= 0.6 is 11.8 Å². The summed E-state index contributed by atoms with van der Waals surface area (Å²) in [6, 6.07) is 33.4. The van der Waals surface area contributed by atoms with Gasteiger partial charge >= 0.3 is 23.9 Å². The van der Waals surface area contributed by atoms with E-state index >= 15 is 0 Å². The first-order valence-electron chi connectivity index (χ1n) is 15.1. The summed E-state index contributed by atoms with van der Waals surface area (Å²) in [5, 5.41) is 0.00313. The summed E-state index contributed by atoms with van der Waals surface area (Å²) >= 11 is 1.35. The van der Waals surface area contributed by atoms with Gasteiger partial charge in [0.05, 0.1) is 22.3 Å². The van der Waals surface area contributed by atoms with Crippen LogP contribution in [0.5, 0.6) is 0 Å². The van der Waals surface area contributed by atoms with Crippen LogP contribution in [0.4, 0.5) is 0 Å². The number of ether oxygens (including phenoxy) is 5. The first kappa shape index (κ1) is 33.4. The van der Waals surface area contributed by atoms with Gasteiger partial charge in [-0.1, -0.05) is 86.6 Å². The Bertz CT molecular complexity index is 1630. The third-order valence-electron chi connectivity index (χ3n) is 7.14. The first-order chi connectivity index (χ1) is 22.8. The first-order valence-corrected chi connectivity index (χ1v) is 16.1. The molecule has 0 aliphatic carbocycles. The molecule has 0 saturated carbocycles. The second-order valence-corrected chi connectivity index (χ2v) is 12.6. The fourth-order valence-electron chi connectivity index (χ4n) is 4.91. The molecule has 4 aromatic carbocycles. The van der Waals surface area contributed by atoms with Gasteiger partial charge in [-0.2, -0.15) is 0 Å². The lowest BCUT2D eigenvalue weighted by Crippen LogP contribution is -2.47. The summed E-state index contributed by atoms with van der Waals surface area (Å²) < 4.78 is 30.1. The predicted molar refractivity (Wildman–Crippen MR) is 175 cm³/mol. The maximum atomic E-state index is 13.5. The maximum absolute atomic E-state index is 13.5. The smallest absolute Gasteiger partial charge is 0.338 e. The van der Waals surface area contributed by atoms with E-state index in [9.17, 15) is 19.2 Å². The molecule has 0 spiro atoms. The topological polar surface area (TPSA) is 114 Å². The Balaban J connectivity index is 1.50. The molecule has 0 bridgehead atoms. The van der Waals surface area contributed by atoms with Crippen LogP contribution in [0.3, 0.4) is 0 Å². The minimum Gasteiger partial charge on any atom is -0.458 e. The van der Waals surface area contributed by atoms with Crippen molar-refractivity contribution in [3.8, 4) is 0 Å². The Morgan fingerprint density at radius 3 is 1.45 bits per heavy atom. The zero-order chi connectivity index (χ0) is 33.2. The average Bonchev–Trinajstić information content (AvgIpc) is 3.42. The van der Waals surface area contributed by atoms with Crippen molar-refractivity contribution in [2.45, 2.75) is 48.9 Å². The summed E-state index contributed by atoms with van der Waals surface area (Å²) in [5.41, 5.74) is 0.267. The Morgan fingerprint density at radius 1 is 0.596 bits per heavy atom. The van der Waals surface area contributed by atoms with Gasteiger partial charge in [-0.05, 0) is 48.5 Å². The zero-order valence-electron chi connectivity index (χ0n) is 25.8. The van der Waals surface area contributed by atoms with E-state index in [1.165, 1.54) is 11.8 Å². The minimum absolute atomic E-state index is 0.00313. The van der Waals surface area contributed by atoms with Crippen molar-refractivity contribution in [3.63, 3.8) is 0 Å². The minimum atomic E-state index is -1.26. The Labute approximate surface area is 277 Å². The maximum Gasteiger partial charge on any atom is 0.338 e. The third-order valence-corrected chi connectivity index (χ3v) is 8.33. The molecule has 1 heterocycles. The summed E-state index contributed by atoms with van der Waals surface area (Å²) in [7, 11) is 0. The van der Waals surface area contributed by atoms with Crippen molar-refractivity contribution < 1.29 is 42.9 Å². The van der Waals surface area contributed by atoms with Gasteiger partial charge in [0.15, 0.2) is 18.3 Å². The van der Waals surface area contributed by atoms with E-state index in [1.807, 2.05) is 13.8 Å². The molecule has 0 aromatic heterocycles. The van der Waals surface area contributed by atoms with Gasteiger partial charge in [-0.3, -0.25) is 0 Å². The average molecular weight is 655 g/mol. The molecule has 9 nitrogen and oxygen atoms in total. The standard InChI is InChI=1S/C37H34O9S/c1-24(2)47-37-32(45-36(41)28-21-13-6-14-22-28)31(44-35(40)27-19-11-5-12-20-27)30(46-37)29(43-34(39)26-17-9-4-10-18-26)23-42-33(38)25-15-7-3-8-16-25/h3-22,24,29-32,37H,23H2,1-2H3/t29-,30+,31+,32-,37+/m1/s1. The van der Waals surface area contributed by atoms with Crippen LogP contribution in [-0.2, 0) is 23.7 Å². The Morgan fingerprint density at radius 2 is 1.00 bits per heavy atom. The number of hydrogen-bond acceptors (Lipinski definition) is 10. The van der Waals surface area contributed by atoms with Gasteiger partial charge in [0, 0.05) is 5.25 Å². The fraction of sp³-hybridized carbons (Fsp3) is 0.243. The normalized spacial score (nSPS) is 19.4. The van der Waals surface area contributed by atoms with Crippen LogP contribution in [0.15, 0.2) is 121 Å². The number of benzene rings is 4. The van der Waals surface area contributed by atoms with Crippen LogP contribution in [0.2, 0.25) is 0 Å². The van der Waals surface area contributed by atoms with Crippen LogP contribution in [0.1, 0.15) is 55.3 Å². The lowest BCUT2D eigenvalue weighted by Gasteiger charge is -2.28. The van der Waals surface area contributed by atoms with E-state index in [0.717, 1.165) is 0 Å². The van der Waals surface area contributed by atoms with Crippen LogP contribution in [0, 0.1) is 0 Å². The van der Waals surface area contributed by atoms with Crippen LogP contribution in [-0.4, -0.2) is 65.6 Å². The summed E-state index contributed by atoms with van der Waals surface area (Å²) in [6.45, 7) is 3.45. The molecule has 1 saturated heterocycles. The second kappa shape index (κ2) is 16.1. The molecule has 242 valence electrons. The van der Waals surface area contributed by atoms with Crippen molar-refractivity contribution in [2.75, 3.05) is 6.61 Å². The highest BCUT2D eigenvalue weighted by Gasteiger charge is 2.54. The van der Waals surface area contributed by atoms with Crippen molar-refractivity contribution in [2.24, 2.45) is 0 Å². The molecule has 5 rings (SSSR count). The SMILES string of the molecule is CC(C)S[C@@H]1O[C@@H]([C@@H](COC(=O)c2ccccc2)OC(=O)c2ccccc2)[C@H](OC(=O)c2ccccc2)[C@H]1OC(=O)c1ccccc1. The molecule has 0 amide bonds. The molecule has 47 heavy (non-hydrogen) atoms. The quantitative estimate of drug-likeness (QED) is 0.126. The molecular weight excluding hydrogens is 620 g/mol. The second-order valence-electron chi connectivity index (χ2n) is 10.9. The lowest BCUT2D eigenvalue weighted by atomic mass is 10.1. The van der Waals surface area contributed by atoms with E-state index in [2.05, 4.69) is 0 Å². The highest BCUT2D eigenvalue weighted by molar-refractivity contribution is 8.00. The van der Waals surface area contributed by atoms with E-state index in [4.69, 9.17) is 23.7 Å². The largest absolute Gasteiger partial charge is 0.458 e. The van der Waals surface area contributed by atoms with Gasteiger partial charge in [0.2, 0.25) is 0 Å². The summed E-state index contributed by atoms with van der Waals surface area (Å²) in [6.07, 6.45) is -4.82. The van der Waals surface area contributed by atoms with Crippen molar-refractivity contribution >= 4 is 35.6 Å². The number of carbonyl (C=O) groups excluding carboxylic acids is 4. The monoisotopic (exact) mass is 654 g/mol. The van der Waals surface area contributed by atoms with E-state index < -0.39 is 60.3 Å². The third kappa shape index (κ3) is 8.87. The molecule has 1 aliphatic heterocycles. The molecular formula is C37H34O9S. The number of hydrogen-bond donors (Lipinski definition) is 0. The van der Waals surface area contributed by atoms with Crippen molar-refractivity contribution in [3.05, 3.63) is 144 Å².